The molecule has 1 heterocycles. The molecule has 1 atom stereocenters. The number of nitrogens with two attached hydrogens (primary N) is 1. The van der Waals surface area contributed by atoms with Crippen molar-refractivity contribution in [3.05, 3.63) is 21.9 Å². The number of carbonyl (C=O) groups is 1. The zero-order valence-corrected chi connectivity index (χ0v) is 11.9. The third-order valence-electron chi connectivity index (χ3n) is 2.72. The van der Waals surface area contributed by atoms with E-state index in [1.807, 2.05) is 20.8 Å². The number of thiophene rings is 1. The van der Waals surface area contributed by atoms with Gasteiger partial charge in [0.1, 0.15) is 0 Å². The lowest BCUT2D eigenvalue weighted by atomic mass is 9.87. The van der Waals surface area contributed by atoms with Crippen LogP contribution in [0.5, 0.6) is 0 Å². The first kappa shape index (κ1) is 14.2. The van der Waals surface area contributed by atoms with E-state index in [0.29, 0.717) is 6.54 Å². The molecule has 0 radical (unpaired) electrons. The minimum atomic E-state index is -0.465. The maximum atomic E-state index is 11.8. The monoisotopic (exact) mass is 254 g/mol. The van der Waals surface area contributed by atoms with E-state index in [1.54, 1.807) is 11.3 Å². The standard InChI is InChI=1S/C13H22N2OS/c1-5-9-6-7-10(17-9)8-15-12(16)11(14)13(2,3)4/h6-7,11H,5,8,14H2,1-4H3,(H,15,16)/t11-/m1/s1. The minimum Gasteiger partial charge on any atom is -0.350 e. The fraction of sp³-hybridized carbons (Fsp3) is 0.615. The van der Waals surface area contributed by atoms with Gasteiger partial charge in [0.05, 0.1) is 12.6 Å². The summed E-state index contributed by atoms with van der Waals surface area (Å²) in [5, 5.41) is 2.89. The van der Waals surface area contributed by atoms with Gasteiger partial charge in [0.15, 0.2) is 0 Å². The number of amides is 1. The summed E-state index contributed by atoms with van der Waals surface area (Å²) in [5.74, 6) is -0.0797. The fourth-order valence-electron chi connectivity index (χ4n) is 1.38. The van der Waals surface area contributed by atoms with Gasteiger partial charge in [0.25, 0.3) is 0 Å². The molecule has 0 saturated carbocycles. The molecule has 0 saturated heterocycles. The number of aryl methyl sites for hydroxylation is 1. The van der Waals surface area contributed by atoms with Gasteiger partial charge in [-0.2, -0.15) is 0 Å². The van der Waals surface area contributed by atoms with Crippen LogP contribution in [0.25, 0.3) is 0 Å². The second-order valence-corrected chi connectivity index (χ2v) is 6.54. The van der Waals surface area contributed by atoms with Gasteiger partial charge in [-0.1, -0.05) is 27.7 Å². The summed E-state index contributed by atoms with van der Waals surface area (Å²) in [6.07, 6.45) is 1.04. The second-order valence-electron chi connectivity index (χ2n) is 5.28. The van der Waals surface area contributed by atoms with Crippen molar-refractivity contribution in [2.45, 2.75) is 46.7 Å². The van der Waals surface area contributed by atoms with E-state index in [1.165, 1.54) is 9.75 Å². The van der Waals surface area contributed by atoms with Crippen molar-refractivity contribution in [2.24, 2.45) is 11.1 Å². The molecule has 96 valence electrons. The lowest BCUT2D eigenvalue weighted by Gasteiger charge is -2.25. The average molecular weight is 254 g/mol. The third-order valence-corrected chi connectivity index (χ3v) is 3.95. The van der Waals surface area contributed by atoms with E-state index in [9.17, 15) is 4.79 Å². The Morgan fingerprint density at radius 1 is 1.41 bits per heavy atom. The molecule has 0 spiro atoms. The van der Waals surface area contributed by atoms with Gasteiger partial charge in [0, 0.05) is 9.75 Å². The second kappa shape index (κ2) is 5.65. The van der Waals surface area contributed by atoms with E-state index in [-0.39, 0.29) is 11.3 Å². The summed E-state index contributed by atoms with van der Waals surface area (Å²) in [7, 11) is 0. The van der Waals surface area contributed by atoms with Crippen LogP contribution in [0.4, 0.5) is 0 Å². The lowest BCUT2D eigenvalue weighted by molar-refractivity contribution is -0.124. The number of carbonyl (C=O) groups excluding carboxylic acids is 1. The molecular weight excluding hydrogens is 232 g/mol. The van der Waals surface area contributed by atoms with Crippen molar-refractivity contribution in [1.29, 1.82) is 0 Å². The SMILES string of the molecule is CCc1ccc(CNC(=O)[C@@H](N)C(C)(C)C)s1. The summed E-state index contributed by atoms with van der Waals surface area (Å²) in [6.45, 7) is 8.61. The molecule has 0 unspecified atom stereocenters. The van der Waals surface area contributed by atoms with Gasteiger partial charge in [-0.3, -0.25) is 4.79 Å². The van der Waals surface area contributed by atoms with E-state index in [0.717, 1.165) is 6.42 Å². The molecule has 0 aliphatic rings. The Morgan fingerprint density at radius 3 is 2.47 bits per heavy atom. The van der Waals surface area contributed by atoms with Crippen LogP contribution in [-0.2, 0) is 17.8 Å². The van der Waals surface area contributed by atoms with E-state index in [2.05, 4.69) is 24.4 Å². The summed E-state index contributed by atoms with van der Waals surface area (Å²) >= 11 is 1.74. The Bertz CT molecular complexity index is 379. The van der Waals surface area contributed by atoms with Crippen molar-refractivity contribution < 1.29 is 4.79 Å². The molecule has 4 heteroatoms. The molecular formula is C13H22N2OS. The molecule has 3 nitrogen and oxygen atoms in total. The first-order valence-corrected chi connectivity index (χ1v) is 6.77. The van der Waals surface area contributed by atoms with Crippen LogP contribution in [0.15, 0.2) is 12.1 Å². The predicted octanol–water partition coefficient (Wildman–Crippen LogP) is 2.30. The first-order valence-electron chi connectivity index (χ1n) is 5.95. The van der Waals surface area contributed by atoms with Crippen LogP contribution < -0.4 is 11.1 Å². The van der Waals surface area contributed by atoms with E-state index >= 15 is 0 Å². The fourth-order valence-corrected chi connectivity index (χ4v) is 2.28. The Labute approximate surface area is 107 Å². The van der Waals surface area contributed by atoms with E-state index in [4.69, 9.17) is 5.73 Å². The maximum absolute atomic E-state index is 11.8. The molecule has 1 amide bonds. The van der Waals surface area contributed by atoms with Crippen molar-refractivity contribution in [3.63, 3.8) is 0 Å². The summed E-state index contributed by atoms with van der Waals surface area (Å²) in [6, 6.07) is 3.70. The Kier molecular flexibility index (Phi) is 4.71. The molecule has 0 aliphatic heterocycles. The highest BCUT2D eigenvalue weighted by atomic mass is 32.1. The minimum absolute atomic E-state index is 0.0797. The van der Waals surface area contributed by atoms with Crippen molar-refractivity contribution in [3.8, 4) is 0 Å². The topological polar surface area (TPSA) is 55.1 Å². The number of nitrogens with one attached hydrogen (secondary N) is 1. The molecule has 0 aromatic carbocycles. The summed E-state index contributed by atoms with van der Waals surface area (Å²) in [4.78, 5) is 14.3. The predicted molar refractivity (Wildman–Crippen MR) is 73.0 cm³/mol. The smallest absolute Gasteiger partial charge is 0.237 e. The molecule has 1 aromatic rings. The Balaban J connectivity index is 2.48. The van der Waals surface area contributed by atoms with Gasteiger partial charge in [0.2, 0.25) is 5.91 Å². The third kappa shape index (κ3) is 4.13. The van der Waals surface area contributed by atoms with Gasteiger partial charge in [-0.15, -0.1) is 11.3 Å². The highest BCUT2D eigenvalue weighted by Gasteiger charge is 2.27. The molecule has 3 N–H and O–H groups in total. The highest BCUT2D eigenvalue weighted by Crippen LogP contribution is 2.19. The van der Waals surface area contributed by atoms with Crippen LogP contribution in [0.1, 0.15) is 37.4 Å². The van der Waals surface area contributed by atoms with Crippen molar-refractivity contribution in [1.82, 2.24) is 5.32 Å². The van der Waals surface area contributed by atoms with Gasteiger partial charge in [-0.25, -0.2) is 0 Å². The Hall–Kier alpha value is -0.870. The van der Waals surface area contributed by atoms with Crippen molar-refractivity contribution in [2.75, 3.05) is 0 Å². The molecule has 1 aromatic heterocycles. The number of hydrogen-bond acceptors (Lipinski definition) is 3. The summed E-state index contributed by atoms with van der Waals surface area (Å²) in [5.41, 5.74) is 5.68. The molecule has 17 heavy (non-hydrogen) atoms. The lowest BCUT2D eigenvalue weighted by Crippen LogP contribution is -2.48. The van der Waals surface area contributed by atoms with Crippen molar-refractivity contribution >= 4 is 17.2 Å². The van der Waals surface area contributed by atoms with Crippen LogP contribution in [-0.4, -0.2) is 11.9 Å². The van der Waals surface area contributed by atoms with E-state index < -0.39 is 6.04 Å². The Morgan fingerprint density at radius 2 is 2.00 bits per heavy atom. The van der Waals surface area contributed by atoms with Gasteiger partial charge in [-0.05, 0) is 24.0 Å². The normalized spacial score (nSPS) is 13.5. The largest absolute Gasteiger partial charge is 0.350 e. The van der Waals surface area contributed by atoms with Gasteiger partial charge < -0.3 is 11.1 Å². The maximum Gasteiger partial charge on any atom is 0.237 e. The highest BCUT2D eigenvalue weighted by molar-refractivity contribution is 7.11. The van der Waals surface area contributed by atoms with Crippen LogP contribution in [0, 0.1) is 5.41 Å². The zero-order chi connectivity index (χ0) is 13.1. The quantitative estimate of drug-likeness (QED) is 0.866. The average Bonchev–Trinajstić information content (AvgIpc) is 2.71. The van der Waals surface area contributed by atoms with Crippen LogP contribution in [0.3, 0.4) is 0 Å². The number of hydrogen-bond donors (Lipinski definition) is 2. The van der Waals surface area contributed by atoms with Crippen LogP contribution >= 0.6 is 11.3 Å². The first-order chi connectivity index (χ1) is 7.84. The van der Waals surface area contributed by atoms with Crippen LogP contribution in [0.2, 0.25) is 0 Å². The summed E-state index contributed by atoms with van der Waals surface area (Å²) < 4.78 is 0. The number of rotatable bonds is 4. The molecule has 0 aliphatic carbocycles. The molecule has 0 fully saturated rings. The zero-order valence-electron chi connectivity index (χ0n) is 11.0. The van der Waals surface area contributed by atoms with Gasteiger partial charge >= 0.3 is 0 Å². The molecule has 1 rings (SSSR count). The molecule has 0 bridgehead atoms.